The number of fused-ring (bicyclic) bond motifs is 1. The first-order valence-electron chi connectivity index (χ1n) is 12.4. The molecule has 41 heavy (non-hydrogen) atoms. The summed E-state index contributed by atoms with van der Waals surface area (Å²) in [6.07, 6.45) is -1.98. The summed E-state index contributed by atoms with van der Waals surface area (Å²) in [5, 5.41) is 12.5. The smallest absolute Gasteiger partial charge is 0.305 e. The summed E-state index contributed by atoms with van der Waals surface area (Å²) in [4.78, 5) is 55.1. The summed E-state index contributed by atoms with van der Waals surface area (Å²) in [6.45, 7) is -0.00578. The van der Waals surface area contributed by atoms with Gasteiger partial charge >= 0.3 is 5.97 Å². The Kier molecular flexibility index (Phi) is 8.00. The largest absolute Gasteiger partial charge is 0.481 e. The highest BCUT2D eigenvalue weighted by Gasteiger charge is 2.44. The van der Waals surface area contributed by atoms with Gasteiger partial charge in [0.25, 0.3) is 17.7 Å². The van der Waals surface area contributed by atoms with E-state index in [4.69, 9.17) is 32.7 Å². The molecule has 0 spiro atoms. The molecule has 2 N–H and O–H groups in total. The molecule has 5 rings (SSSR count). The monoisotopic (exact) mass is 601 g/mol. The van der Waals surface area contributed by atoms with Crippen molar-refractivity contribution < 1.29 is 38.1 Å². The van der Waals surface area contributed by atoms with Crippen molar-refractivity contribution in [2.45, 2.75) is 18.6 Å². The summed E-state index contributed by atoms with van der Waals surface area (Å²) < 4.78 is 24.2. The predicted molar refractivity (Wildman–Crippen MR) is 144 cm³/mol. The van der Waals surface area contributed by atoms with E-state index in [-0.39, 0.29) is 41.1 Å². The maximum Gasteiger partial charge on any atom is 0.305 e. The van der Waals surface area contributed by atoms with Crippen molar-refractivity contribution in [2.24, 2.45) is 0 Å². The van der Waals surface area contributed by atoms with Crippen molar-refractivity contribution in [3.63, 3.8) is 0 Å². The molecule has 13 heteroatoms. The molecule has 10 nitrogen and oxygen atoms in total. The Labute approximate surface area is 243 Å². The quantitative estimate of drug-likeness (QED) is 0.417. The Bertz CT molecular complexity index is 1540. The van der Waals surface area contributed by atoms with Gasteiger partial charge in [-0.05, 0) is 54.1 Å². The van der Waals surface area contributed by atoms with Crippen LogP contribution in [0.5, 0.6) is 11.5 Å². The van der Waals surface area contributed by atoms with E-state index >= 15 is 0 Å². The fourth-order valence-electron chi connectivity index (χ4n) is 4.70. The second-order valence-corrected chi connectivity index (χ2v) is 10.1. The van der Waals surface area contributed by atoms with Gasteiger partial charge < -0.3 is 29.7 Å². The molecule has 0 aromatic heterocycles. The molecule has 3 amide bonds. The third kappa shape index (κ3) is 5.91. The van der Waals surface area contributed by atoms with E-state index in [2.05, 4.69) is 5.32 Å². The number of carbonyl (C=O) groups is 4. The molecule has 0 radical (unpaired) electrons. The van der Waals surface area contributed by atoms with Crippen LogP contribution in [0.1, 0.15) is 38.7 Å². The van der Waals surface area contributed by atoms with Crippen molar-refractivity contribution in [1.82, 2.24) is 15.1 Å². The van der Waals surface area contributed by atoms with Crippen LogP contribution in [-0.2, 0) is 9.59 Å². The molecule has 0 saturated carbocycles. The molecule has 2 atom stereocenters. The first kappa shape index (κ1) is 28.2. The third-order valence-electron chi connectivity index (χ3n) is 6.68. The van der Waals surface area contributed by atoms with E-state index in [1.807, 2.05) is 0 Å². The topological polar surface area (TPSA) is 125 Å². The van der Waals surface area contributed by atoms with Gasteiger partial charge in [0.05, 0.1) is 22.5 Å². The Morgan fingerprint density at radius 1 is 0.878 bits per heavy atom. The lowest BCUT2D eigenvalue weighted by atomic mass is 10.0. The SMILES string of the molecule is O=C(O)CC(NC(=O)C1N(C(=O)c2ccc(Cl)c(Cl)c2)CCN1C(=O)c1ccc2c(c1)OCO2)c1ccc(F)cc1. The Balaban J connectivity index is 1.48. The van der Waals surface area contributed by atoms with Crippen LogP contribution >= 0.6 is 23.2 Å². The summed E-state index contributed by atoms with van der Waals surface area (Å²) in [6, 6.07) is 12.7. The van der Waals surface area contributed by atoms with E-state index in [0.717, 1.165) is 12.1 Å². The standard InChI is InChI=1S/C28H22Cl2FN3O7/c29-19-7-3-16(11-20(19)30)27(38)33-9-10-34(28(39)17-4-8-22-23(12-17)41-14-40-22)26(33)25(37)32-21(13-24(35)36)15-1-5-18(31)6-2-15/h1-8,11-12,21,26H,9-10,13-14H2,(H,32,37)(H,35,36). The Morgan fingerprint density at radius 3 is 2.12 bits per heavy atom. The second kappa shape index (κ2) is 11.6. The number of hydrogen-bond acceptors (Lipinski definition) is 6. The third-order valence-corrected chi connectivity index (χ3v) is 7.42. The second-order valence-electron chi connectivity index (χ2n) is 9.28. The maximum absolute atomic E-state index is 13.8. The fraction of sp³-hybridized carbons (Fsp3) is 0.214. The highest BCUT2D eigenvalue weighted by Crippen LogP contribution is 2.34. The van der Waals surface area contributed by atoms with Crippen LogP contribution in [0.25, 0.3) is 0 Å². The van der Waals surface area contributed by atoms with Gasteiger partial charge in [0.15, 0.2) is 17.7 Å². The van der Waals surface area contributed by atoms with Gasteiger partial charge in [-0.15, -0.1) is 0 Å². The van der Waals surface area contributed by atoms with E-state index in [0.29, 0.717) is 17.1 Å². The van der Waals surface area contributed by atoms with Gasteiger partial charge in [-0.2, -0.15) is 0 Å². The number of nitrogens with one attached hydrogen (secondary N) is 1. The molecule has 2 heterocycles. The predicted octanol–water partition coefficient (Wildman–Crippen LogP) is 4.12. The summed E-state index contributed by atoms with van der Waals surface area (Å²) >= 11 is 12.1. The minimum atomic E-state index is -1.45. The first-order valence-corrected chi connectivity index (χ1v) is 13.1. The van der Waals surface area contributed by atoms with Gasteiger partial charge in [0.2, 0.25) is 6.79 Å². The number of amides is 3. The van der Waals surface area contributed by atoms with Crippen LogP contribution in [0.15, 0.2) is 60.7 Å². The number of aliphatic carboxylic acids is 1. The Morgan fingerprint density at radius 2 is 1.49 bits per heavy atom. The van der Waals surface area contributed by atoms with E-state index in [1.54, 1.807) is 6.07 Å². The molecule has 0 bridgehead atoms. The Hall–Kier alpha value is -4.35. The van der Waals surface area contributed by atoms with E-state index in [9.17, 15) is 28.7 Å². The number of halogens is 3. The van der Waals surface area contributed by atoms with Gasteiger partial charge in [-0.1, -0.05) is 35.3 Å². The minimum Gasteiger partial charge on any atom is -0.481 e. The van der Waals surface area contributed by atoms with Gasteiger partial charge in [0, 0.05) is 24.2 Å². The first-order chi connectivity index (χ1) is 19.6. The summed E-state index contributed by atoms with van der Waals surface area (Å²) in [5.74, 6) is -2.90. The molecule has 1 saturated heterocycles. The van der Waals surface area contributed by atoms with Gasteiger partial charge in [-0.3, -0.25) is 19.2 Å². The number of carboxylic acid groups (broad SMARTS) is 1. The average Bonchev–Trinajstić information content (AvgIpc) is 3.60. The highest BCUT2D eigenvalue weighted by atomic mass is 35.5. The zero-order valence-electron chi connectivity index (χ0n) is 21.2. The average molecular weight is 602 g/mol. The maximum atomic E-state index is 13.8. The minimum absolute atomic E-state index is 0.00142. The lowest BCUT2D eigenvalue weighted by Gasteiger charge is -2.31. The zero-order chi connectivity index (χ0) is 29.3. The van der Waals surface area contributed by atoms with E-state index in [1.165, 1.54) is 52.3 Å². The molecule has 2 aliphatic heterocycles. The normalized spacial score (nSPS) is 16.4. The number of carboxylic acids is 1. The van der Waals surface area contributed by atoms with Crippen molar-refractivity contribution in [3.8, 4) is 11.5 Å². The molecule has 3 aromatic rings. The van der Waals surface area contributed by atoms with Crippen LogP contribution < -0.4 is 14.8 Å². The zero-order valence-corrected chi connectivity index (χ0v) is 22.7. The van der Waals surface area contributed by atoms with Crippen LogP contribution in [-0.4, -0.2) is 64.6 Å². The number of benzene rings is 3. The number of ether oxygens (including phenoxy) is 2. The van der Waals surface area contributed by atoms with Crippen LogP contribution in [0.3, 0.4) is 0 Å². The lowest BCUT2D eigenvalue weighted by Crippen LogP contribution is -2.54. The molecule has 2 unspecified atom stereocenters. The van der Waals surface area contributed by atoms with E-state index < -0.39 is 48.1 Å². The highest BCUT2D eigenvalue weighted by molar-refractivity contribution is 6.42. The van der Waals surface area contributed by atoms with Crippen molar-refractivity contribution in [3.05, 3.63) is 93.2 Å². The number of carbonyl (C=O) groups excluding carboxylic acids is 3. The van der Waals surface area contributed by atoms with Crippen LogP contribution in [0, 0.1) is 5.82 Å². The molecule has 1 fully saturated rings. The van der Waals surface area contributed by atoms with Gasteiger partial charge in [-0.25, -0.2) is 4.39 Å². The number of rotatable bonds is 7. The molecule has 3 aromatic carbocycles. The molecular formula is C28H22Cl2FN3O7. The molecule has 212 valence electrons. The summed E-state index contributed by atoms with van der Waals surface area (Å²) in [7, 11) is 0. The van der Waals surface area contributed by atoms with Crippen LogP contribution in [0.2, 0.25) is 10.0 Å². The van der Waals surface area contributed by atoms with Crippen LogP contribution in [0.4, 0.5) is 4.39 Å². The van der Waals surface area contributed by atoms with Crippen molar-refractivity contribution in [1.29, 1.82) is 0 Å². The molecule has 0 aliphatic carbocycles. The van der Waals surface area contributed by atoms with Crippen molar-refractivity contribution >= 4 is 46.9 Å². The molecule has 2 aliphatic rings. The fourth-order valence-corrected chi connectivity index (χ4v) is 4.99. The van der Waals surface area contributed by atoms with Gasteiger partial charge in [0.1, 0.15) is 5.82 Å². The number of hydrogen-bond donors (Lipinski definition) is 2. The van der Waals surface area contributed by atoms with Crippen molar-refractivity contribution in [2.75, 3.05) is 19.9 Å². The number of nitrogens with zero attached hydrogens (tertiary/aromatic N) is 2. The lowest BCUT2D eigenvalue weighted by molar-refractivity contribution is -0.138. The summed E-state index contributed by atoms with van der Waals surface area (Å²) in [5.41, 5.74) is 0.655. The molecular weight excluding hydrogens is 580 g/mol.